The number of phenols is 1. The SMILES string of the molecule is COCCOCCc1ccc(O)cc1. The summed E-state index contributed by atoms with van der Waals surface area (Å²) in [4.78, 5) is 0. The van der Waals surface area contributed by atoms with Gasteiger partial charge in [-0.15, -0.1) is 0 Å². The molecule has 0 saturated heterocycles. The largest absolute Gasteiger partial charge is 0.508 e. The second-order valence-electron chi connectivity index (χ2n) is 3.02. The van der Waals surface area contributed by atoms with E-state index in [4.69, 9.17) is 14.6 Å². The minimum atomic E-state index is 0.300. The van der Waals surface area contributed by atoms with Gasteiger partial charge in [0.05, 0.1) is 19.8 Å². The van der Waals surface area contributed by atoms with Crippen LogP contribution >= 0.6 is 0 Å². The van der Waals surface area contributed by atoms with Crippen LogP contribution in [0.3, 0.4) is 0 Å². The van der Waals surface area contributed by atoms with Crippen molar-refractivity contribution in [1.82, 2.24) is 0 Å². The van der Waals surface area contributed by atoms with Gasteiger partial charge in [0.25, 0.3) is 0 Å². The number of hydrogen-bond acceptors (Lipinski definition) is 3. The number of ether oxygens (including phenoxy) is 2. The van der Waals surface area contributed by atoms with Crippen molar-refractivity contribution in [1.29, 1.82) is 0 Å². The van der Waals surface area contributed by atoms with Crippen LogP contribution in [0.4, 0.5) is 0 Å². The Balaban J connectivity index is 2.15. The first kappa shape index (κ1) is 11.0. The highest BCUT2D eigenvalue weighted by Crippen LogP contribution is 2.09. The van der Waals surface area contributed by atoms with E-state index in [1.807, 2.05) is 12.1 Å². The zero-order chi connectivity index (χ0) is 10.2. The van der Waals surface area contributed by atoms with E-state index in [0.29, 0.717) is 25.6 Å². The molecule has 0 radical (unpaired) electrons. The van der Waals surface area contributed by atoms with Gasteiger partial charge in [-0.1, -0.05) is 12.1 Å². The molecule has 0 fully saturated rings. The van der Waals surface area contributed by atoms with Crippen molar-refractivity contribution in [2.45, 2.75) is 6.42 Å². The van der Waals surface area contributed by atoms with E-state index in [0.717, 1.165) is 6.42 Å². The summed E-state index contributed by atoms with van der Waals surface area (Å²) in [6.07, 6.45) is 0.865. The van der Waals surface area contributed by atoms with Crippen molar-refractivity contribution in [3.05, 3.63) is 29.8 Å². The predicted octanol–water partition coefficient (Wildman–Crippen LogP) is 1.60. The molecule has 1 aromatic rings. The van der Waals surface area contributed by atoms with Crippen LogP contribution in [0.1, 0.15) is 5.56 Å². The molecule has 1 N–H and O–H groups in total. The van der Waals surface area contributed by atoms with Crippen molar-refractivity contribution in [3.8, 4) is 5.75 Å². The van der Waals surface area contributed by atoms with E-state index >= 15 is 0 Å². The van der Waals surface area contributed by atoms with E-state index in [-0.39, 0.29) is 0 Å². The Bertz CT molecular complexity index is 243. The highest BCUT2D eigenvalue weighted by Gasteiger charge is 1.93. The van der Waals surface area contributed by atoms with E-state index in [1.165, 1.54) is 5.56 Å². The minimum absolute atomic E-state index is 0.300. The molecule has 0 saturated carbocycles. The van der Waals surface area contributed by atoms with Crippen LogP contribution in [-0.2, 0) is 15.9 Å². The fourth-order valence-electron chi connectivity index (χ4n) is 1.10. The van der Waals surface area contributed by atoms with Crippen molar-refractivity contribution in [2.75, 3.05) is 26.9 Å². The molecule has 1 rings (SSSR count). The summed E-state index contributed by atoms with van der Waals surface area (Å²) in [5.41, 5.74) is 1.17. The van der Waals surface area contributed by atoms with Gasteiger partial charge in [0.2, 0.25) is 0 Å². The molecule has 0 aliphatic rings. The quantitative estimate of drug-likeness (QED) is 0.702. The van der Waals surface area contributed by atoms with Gasteiger partial charge in [0.1, 0.15) is 5.75 Å². The molecule has 1 aromatic carbocycles. The van der Waals surface area contributed by atoms with Gasteiger partial charge in [-0.2, -0.15) is 0 Å². The number of benzene rings is 1. The van der Waals surface area contributed by atoms with Crippen LogP contribution in [0.2, 0.25) is 0 Å². The molecule has 3 heteroatoms. The Morgan fingerprint density at radius 1 is 1.07 bits per heavy atom. The summed E-state index contributed by atoms with van der Waals surface area (Å²) >= 11 is 0. The molecule has 0 spiro atoms. The van der Waals surface area contributed by atoms with Crippen molar-refractivity contribution in [2.24, 2.45) is 0 Å². The summed E-state index contributed by atoms with van der Waals surface area (Å²) in [6, 6.07) is 7.17. The average molecular weight is 196 g/mol. The number of aromatic hydroxyl groups is 1. The summed E-state index contributed by atoms with van der Waals surface area (Å²) in [7, 11) is 1.66. The number of phenolic OH excluding ortho intramolecular Hbond substituents is 1. The van der Waals surface area contributed by atoms with Crippen molar-refractivity contribution < 1.29 is 14.6 Å². The fourth-order valence-corrected chi connectivity index (χ4v) is 1.10. The van der Waals surface area contributed by atoms with Crippen LogP contribution in [0, 0.1) is 0 Å². The first-order valence-electron chi connectivity index (χ1n) is 4.67. The number of rotatable bonds is 6. The summed E-state index contributed by atoms with van der Waals surface area (Å²) in [6.45, 7) is 1.96. The van der Waals surface area contributed by atoms with Crippen molar-refractivity contribution in [3.63, 3.8) is 0 Å². The molecule has 0 aliphatic heterocycles. The third-order valence-corrected chi connectivity index (χ3v) is 1.90. The molecule has 0 aliphatic carbocycles. The Hall–Kier alpha value is -1.06. The molecule has 0 amide bonds. The summed E-state index contributed by atoms with van der Waals surface area (Å²) in [5.74, 6) is 0.300. The first-order valence-corrected chi connectivity index (χ1v) is 4.67. The van der Waals surface area contributed by atoms with Gasteiger partial charge in [-0.3, -0.25) is 0 Å². The molecular formula is C11H16O3. The van der Waals surface area contributed by atoms with Crippen LogP contribution in [0.15, 0.2) is 24.3 Å². The van der Waals surface area contributed by atoms with Gasteiger partial charge in [0.15, 0.2) is 0 Å². The lowest BCUT2D eigenvalue weighted by molar-refractivity contribution is 0.0722. The van der Waals surface area contributed by atoms with E-state index < -0.39 is 0 Å². The van der Waals surface area contributed by atoms with E-state index in [1.54, 1.807) is 19.2 Å². The molecular weight excluding hydrogens is 180 g/mol. The molecule has 78 valence electrons. The zero-order valence-corrected chi connectivity index (χ0v) is 8.40. The van der Waals surface area contributed by atoms with Crippen LogP contribution < -0.4 is 0 Å². The Labute approximate surface area is 84.3 Å². The van der Waals surface area contributed by atoms with Crippen LogP contribution in [-0.4, -0.2) is 32.0 Å². The maximum Gasteiger partial charge on any atom is 0.115 e. The van der Waals surface area contributed by atoms with Gasteiger partial charge in [0, 0.05) is 7.11 Å². The predicted molar refractivity (Wildman–Crippen MR) is 54.5 cm³/mol. The minimum Gasteiger partial charge on any atom is -0.508 e. The molecule has 3 nitrogen and oxygen atoms in total. The second kappa shape index (κ2) is 6.40. The zero-order valence-electron chi connectivity index (χ0n) is 8.40. The molecule has 0 atom stereocenters. The summed E-state index contributed by atoms with van der Waals surface area (Å²) < 4.78 is 10.2. The Morgan fingerprint density at radius 2 is 1.79 bits per heavy atom. The monoisotopic (exact) mass is 196 g/mol. The average Bonchev–Trinajstić information content (AvgIpc) is 2.21. The topological polar surface area (TPSA) is 38.7 Å². The van der Waals surface area contributed by atoms with Gasteiger partial charge in [-0.05, 0) is 24.1 Å². The maximum atomic E-state index is 9.05. The maximum absolute atomic E-state index is 9.05. The first-order chi connectivity index (χ1) is 6.83. The molecule has 0 aromatic heterocycles. The summed E-state index contributed by atoms with van der Waals surface area (Å²) in [5, 5.41) is 9.05. The van der Waals surface area contributed by atoms with Gasteiger partial charge >= 0.3 is 0 Å². The van der Waals surface area contributed by atoms with E-state index in [9.17, 15) is 0 Å². The lowest BCUT2D eigenvalue weighted by Gasteiger charge is -2.03. The highest BCUT2D eigenvalue weighted by atomic mass is 16.5. The fraction of sp³-hybridized carbons (Fsp3) is 0.455. The second-order valence-corrected chi connectivity index (χ2v) is 3.02. The van der Waals surface area contributed by atoms with E-state index in [2.05, 4.69) is 0 Å². The van der Waals surface area contributed by atoms with Crippen LogP contribution in [0.25, 0.3) is 0 Å². The molecule has 0 unspecified atom stereocenters. The molecule has 0 heterocycles. The Morgan fingerprint density at radius 3 is 2.43 bits per heavy atom. The van der Waals surface area contributed by atoms with Crippen LogP contribution in [0.5, 0.6) is 5.75 Å². The van der Waals surface area contributed by atoms with Gasteiger partial charge in [-0.25, -0.2) is 0 Å². The Kier molecular flexibility index (Phi) is 5.04. The third-order valence-electron chi connectivity index (χ3n) is 1.90. The number of methoxy groups -OCH3 is 1. The lowest BCUT2D eigenvalue weighted by atomic mass is 10.1. The third kappa shape index (κ3) is 4.25. The highest BCUT2D eigenvalue weighted by molar-refractivity contribution is 5.25. The molecule has 0 bridgehead atoms. The number of hydrogen-bond donors (Lipinski definition) is 1. The smallest absolute Gasteiger partial charge is 0.115 e. The van der Waals surface area contributed by atoms with Crippen molar-refractivity contribution >= 4 is 0 Å². The normalized spacial score (nSPS) is 10.4. The molecule has 14 heavy (non-hydrogen) atoms. The standard InChI is InChI=1S/C11H16O3/c1-13-8-9-14-7-6-10-2-4-11(12)5-3-10/h2-5,12H,6-9H2,1H3. The van der Waals surface area contributed by atoms with Gasteiger partial charge < -0.3 is 14.6 Å². The lowest BCUT2D eigenvalue weighted by Crippen LogP contribution is -2.04.